The molecule has 0 saturated heterocycles. The Bertz CT molecular complexity index is 421. The predicted molar refractivity (Wildman–Crippen MR) is 59.5 cm³/mol. The van der Waals surface area contributed by atoms with Crippen molar-refractivity contribution in [2.75, 3.05) is 5.43 Å². The fraction of sp³-hybridized carbons (Fsp3) is 0. The molecule has 0 amide bonds. The first kappa shape index (κ1) is 9.23. The first-order chi connectivity index (χ1) is 6.79. The van der Waals surface area contributed by atoms with Crippen LogP contribution in [0.4, 0.5) is 5.95 Å². The first-order valence-corrected chi connectivity index (χ1v) is 4.86. The van der Waals surface area contributed by atoms with Gasteiger partial charge in [-0.3, -0.25) is 5.43 Å². The van der Waals surface area contributed by atoms with Gasteiger partial charge >= 0.3 is 0 Å². The Morgan fingerprint density at radius 3 is 2.57 bits per heavy atom. The molecule has 1 aromatic carbocycles. The number of nitrogens with one attached hydrogen (secondary N) is 2. The fourth-order valence-electron chi connectivity index (χ4n) is 1.17. The Kier molecular flexibility index (Phi) is 2.51. The van der Waals surface area contributed by atoms with Gasteiger partial charge in [-0.15, -0.1) is 0 Å². The largest absolute Gasteiger partial charge is 0.323 e. The van der Waals surface area contributed by atoms with E-state index in [1.807, 2.05) is 24.3 Å². The summed E-state index contributed by atoms with van der Waals surface area (Å²) in [6, 6.07) is 7.95. The van der Waals surface area contributed by atoms with Crippen LogP contribution in [-0.2, 0) is 0 Å². The zero-order chi connectivity index (χ0) is 9.97. The SMILES string of the molecule is NNc1ncc(-c2ccc(Br)cc2)[nH]1. The Labute approximate surface area is 89.6 Å². The predicted octanol–water partition coefficient (Wildman–Crippen LogP) is 2.12. The van der Waals surface area contributed by atoms with Crippen LogP contribution in [0.3, 0.4) is 0 Å². The number of halogens is 1. The molecule has 2 aromatic rings. The molecule has 0 aliphatic rings. The summed E-state index contributed by atoms with van der Waals surface area (Å²) in [5.41, 5.74) is 4.46. The molecule has 14 heavy (non-hydrogen) atoms. The molecule has 0 spiro atoms. The molecule has 0 radical (unpaired) electrons. The number of nitrogens with zero attached hydrogens (tertiary/aromatic N) is 1. The van der Waals surface area contributed by atoms with E-state index >= 15 is 0 Å². The highest BCUT2D eigenvalue weighted by Gasteiger charge is 2.01. The van der Waals surface area contributed by atoms with Crippen molar-refractivity contribution in [2.45, 2.75) is 0 Å². The van der Waals surface area contributed by atoms with Crippen molar-refractivity contribution in [1.29, 1.82) is 0 Å². The van der Waals surface area contributed by atoms with Crippen molar-refractivity contribution in [3.05, 3.63) is 34.9 Å². The number of H-pyrrole nitrogens is 1. The minimum Gasteiger partial charge on any atom is -0.323 e. The monoisotopic (exact) mass is 252 g/mol. The van der Waals surface area contributed by atoms with Crippen molar-refractivity contribution in [2.24, 2.45) is 5.84 Å². The summed E-state index contributed by atoms with van der Waals surface area (Å²) < 4.78 is 1.05. The summed E-state index contributed by atoms with van der Waals surface area (Å²) >= 11 is 3.38. The van der Waals surface area contributed by atoms with Crippen molar-refractivity contribution in [3.8, 4) is 11.3 Å². The molecule has 0 saturated carbocycles. The number of nitrogen functional groups attached to an aromatic ring is 1. The lowest BCUT2D eigenvalue weighted by atomic mass is 10.2. The standard InChI is InChI=1S/C9H9BrN4/c10-7-3-1-6(2-4-7)8-5-12-9(13-8)14-11/h1-5H,11H2,(H2,12,13,14). The fourth-order valence-corrected chi connectivity index (χ4v) is 1.44. The summed E-state index contributed by atoms with van der Waals surface area (Å²) in [5, 5.41) is 0. The zero-order valence-electron chi connectivity index (χ0n) is 7.29. The molecule has 0 bridgehead atoms. The average molecular weight is 253 g/mol. The van der Waals surface area contributed by atoms with E-state index in [4.69, 9.17) is 5.84 Å². The summed E-state index contributed by atoms with van der Waals surface area (Å²) in [7, 11) is 0. The van der Waals surface area contributed by atoms with Gasteiger partial charge in [0.1, 0.15) is 0 Å². The number of hydrogen-bond acceptors (Lipinski definition) is 3. The van der Waals surface area contributed by atoms with Crippen LogP contribution in [-0.4, -0.2) is 9.97 Å². The van der Waals surface area contributed by atoms with Crippen LogP contribution in [0.1, 0.15) is 0 Å². The minimum atomic E-state index is 0.558. The second-order valence-electron chi connectivity index (χ2n) is 2.80. The highest BCUT2D eigenvalue weighted by Crippen LogP contribution is 2.20. The lowest BCUT2D eigenvalue weighted by Crippen LogP contribution is -2.07. The number of benzene rings is 1. The molecular formula is C9H9BrN4. The van der Waals surface area contributed by atoms with Crippen molar-refractivity contribution in [1.82, 2.24) is 9.97 Å². The van der Waals surface area contributed by atoms with E-state index in [2.05, 4.69) is 31.3 Å². The van der Waals surface area contributed by atoms with Gasteiger partial charge in [0.2, 0.25) is 5.95 Å². The molecule has 0 aliphatic heterocycles. The normalized spacial score (nSPS) is 10.1. The molecule has 0 unspecified atom stereocenters. The number of rotatable bonds is 2. The van der Waals surface area contributed by atoms with E-state index in [9.17, 15) is 0 Å². The number of aromatic nitrogens is 2. The maximum atomic E-state index is 5.21. The van der Waals surface area contributed by atoms with E-state index < -0.39 is 0 Å². The van der Waals surface area contributed by atoms with E-state index in [0.717, 1.165) is 15.7 Å². The molecule has 4 nitrogen and oxygen atoms in total. The molecule has 1 heterocycles. The van der Waals surface area contributed by atoms with E-state index in [0.29, 0.717) is 5.95 Å². The molecule has 72 valence electrons. The quantitative estimate of drug-likeness (QED) is 0.567. The summed E-state index contributed by atoms with van der Waals surface area (Å²) in [6.07, 6.45) is 1.73. The van der Waals surface area contributed by atoms with E-state index in [1.165, 1.54) is 0 Å². The first-order valence-electron chi connectivity index (χ1n) is 4.07. The molecule has 0 aliphatic carbocycles. The number of aromatic amines is 1. The molecule has 0 atom stereocenters. The molecule has 4 N–H and O–H groups in total. The minimum absolute atomic E-state index is 0.558. The maximum Gasteiger partial charge on any atom is 0.215 e. The number of hydrazine groups is 1. The summed E-state index contributed by atoms with van der Waals surface area (Å²) in [4.78, 5) is 7.07. The second kappa shape index (κ2) is 3.81. The maximum absolute atomic E-state index is 5.21. The van der Waals surface area contributed by atoms with Crippen LogP contribution in [0.2, 0.25) is 0 Å². The van der Waals surface area contributed by atoms with Gasteiger partial charge in [0, 0.05) is 4.47 Å². The highest BCUT2D eigenvalue weighted by atomic mass is 79.9. The summed E-state index contributed by atoms with van der Waals surface area (Å²) in [5.74, 6) is 5.77. The lowest BCUT2D eigenvalue weighted by molar-refractivity contribution is 1.20. The Morgan fingerprint density at radius 1 is 1.29 bits per heavy atom. The molecule has 1 aromatic heterocycles. The van der Waals surface area contributed by atoms with Crippen LogP contribution in [0.5, 0.6) is 0 Å². The highest BCUT2D eigenvalue weighted by molar-refractivity contribution is 9.10. The average Bonchev–Trinajstić information content (AvgIpc) is 2.67. The van der Waals surface area contributed by atoms with Gasteiger partial charge < -0.3 is 4.98 Å². The molecule has 0 fully saturated rings. The molecule has 5 heteroatoms. The van der Waals surface area contributed by atoms with Crippen LogP contribution in [0.15, 0.2) is 34.9 Å². The lowest BCUT2D eigenvalue weighted by Gasteiger charge is -1.97. The van der Waals surface area contributed by atoms with Crippen molar-refractivity contribution >= 4 is 21.9 Å². The second-order valence-corrected chi connectivity index (χ2v) is 3.71. The van der Waals surface area contributed by atoms with Crippen LogP contribution >= 0.6 is 15.9 Å². The van der Waals surface area contributed by atoms with Gasteiger partial charge in [0.25, 0.3) is 0 Å². The Balaban J connectivity index is 2.34. The van der Waals surface area contributed by atoms with Gasteiger partial charge in [0.05, 0.1) is 11.9 Å². The van der Waals surface area contributed by atoms with Crippen LogP contribution in [0, 0.1) is 0 Å². The number of hydrogen-bond donors (Lipinski definition) is 3. The van der Waals surface area contributed by atoms with E-state index in [1.54, 1.807) is 6.20 Å². The smallest absolute Gasteiger partial charge is 0.215 e. The number of anilines is 1. The van der Waals surface area contributed by atoms with Gasteiger partial charge in [-0.2, -0.15) is 0 Å². The van der Waals surface area contributed by atoms with Gasteiger partial charge in [-0.05, 0) is 17.7 Å². The zero-order valence-corrected chi connectivity index (χ0v) is 8.88. The molecular weight excluding hydrogens is 244 g/mol. The van der Waals surface area contributed by atoms with Gasteiger partial charge in [-0.25, -0.2) is 10.8 Å². The molecule has 2 rings (SSSR count). The Hall–Kier alpha value is -1.33. The number of imidazole rings is 1. The van der Waals surface area contributed by atoms with Crippen LogP contribution < -0.4 is 11.3 Å². The van der Waals surface area contributed by atoms with Gasteiger partial charge in [0.15, 0.2) is 0 Å². The third kappa shape index (κ3) is 1.78. The van der Waals surface area contributed by atoms with Gasteiger partial charge in [-0.1, -0.05) is 28.1 Å². The Morgan fingerprint density at radius 2 is 2.00 bits per heavy atom. The third-order valence-corrected chi connectivity index (χ3v) is 2.40. The van der Waals surface area contributed by atoms with Crippen LogP contribution in [0.25, 0.3) is 11.3 Å². The van der Waals surface area contributed by atoms with Crippen molar-refractivity contribution in [3.63, 3.8) is 0 Å². The third-order valence-electron chi connectivity index (χ3n) is 1.87. The van der Waals surface area contributed by atoms with Crippen molar-refractivity contribution < 1.29 is 0 Å². The number of nitrogens with two attached hydrogens (primary N) is 1. The summed E-state index contributed by atoms with van der Waals surface area (Å²) in [6.45, 7) is 0. The van der Waals surface area contributed by atoms with E-state index in [-0.39, 0.29) is 0 Å². The topological polar surface area (TPSA) is 66.7 Å².